The molecule has 0 radical (unpaired) electrons. The Morgan fingerprint density at radius 2 is 1.95 bits per heavy atom. The van der Waals surface area contributed by atoms with Crippen molar-refractivity contribution < 1.29 is 9.47 Å². The Labute approximate surface area is 122 Å². The molecule has 2 aromatic rings. The SMILES string of the molecule is COCCCOc1cc(C(C)Br)c2ccccc2c1. The molecule has 2 rings (SSSR count). The molecule has 0 aromatic heterocycles. The second kappa shape index (κ2) is 6.92. The van der Waals surface area contributed by atoms with E-state index in [4.69, 9.17) is 9.47 Å². The summed E-state index contributed by atoms with van der Waals surface area (Å²) in [6.07, 6.45) is 0.905. The number of fused-ring (bicyclic) bond motifs is 1. The summed E-state index contributed by atoms with van der Waals surface area (Å²) in [5.74, 6) is 0.927. The van der Waals surface area contributed by atoms with Crippen LogP contribution in [0, 0.1) is 0 Å². The lowest BCUT2D eigenvalue weighted by molar-refractivity contribution is 0.172. The van der Waals surface area contributed by atoms with Crippen molar-refractivity contribution in [2.24, 2.45) is 0 Å². The fraction of sp³-hybridized carbons (Fsp3) is 0.375. The van der Waals surface area contributed by atoms with Crippen LogP contribution < -0.4 is 4.74 Å². The van der Waals surface area contributed by atoms with Crippen molar-refractivity contribution in [2.45, 2.75) is 18.2 Å². The Bertz CT molecular complexity index is 537. The molecule has 0 heterocycles. The summed E-state index contributed by atoms with van der Waals surface area (Å²) in [5, 5.41) is 2.49. The monoisotopic (exact) mass is 322 g/mol. The Balaban J connectivity index is 2.25. The molecule has 0 spiro atoms. The molecule has 0 fully saturated rings. The van der Waals surface area contributed by atoms with E-state index >= 15 is 0 Å². The molecule has 0 saturated carbocycles. The van der Waals surface area contributed by atoms with Gasteiger partial charge < -0.3 is 9.47 Å². The lowest BCUT2D eigenvalue weighted by Crippen LogP contribution is -2.02. The van der Waals surface area contributed by atoms with Gasteiger partial charge in [-0.25, -0.2) is 0 Å². The van der Waals surface area contributed by atoms with Crippen LogP contribution in [0.25, 0.3) is 10.8 Å². The van der Waals surface area contributed by atoms with Crippen molar-refractivity contribution in [3.8, 4) is 5.75 Å². The van der Waals surface area contributed by atoms with E-state index in [-0.39, 0.29) is 0 Å². The van der Waals surface area contributed by atoms with Crippen molar-refractivity contribution in [3.05, 3.63) is 42.0 Å². The number of halogens is 1. The minimum atomic E-state index is 0.305. The van der Waals surface area contributed by atoms with Crippen molar-refractivity contribution in [1.82, 2.24) is 0 Å². The average Bonchev–Trinajstić information content (AvgIpc) is 2.42. The highest BCUT2D eigenvalue weighted by Crippen LogP contribution is 2.33. The van der Waals surface area contributed by atoms with Crippen LogP contribution in [0.3, 0.4) is 0 Å². The average molecular weight is 323 g/mol. The minimum absolute atomic E-state index is 0.305. The van der Waals surface area contributed by atoms with Crippen molar-refractivity contribution in [1.29, 1.82) is 0 Å². The van der Waals surface area contributed by atoms with Crippen molar-refractivity contribution in [3.63, 3.8) is 0 Å². The standard InChI is InChI=1S/C16H19BrO2/c1-12(17)16-11-14(19-9-5-8-18-2)10-13-6-3-4-7-15(13)16/h3-4,6-7,10-12H,5,8-9H2,1-2H3. The van der Waals surface area contributed by atoms with Gasteiger partial charge in [0.2, 0.25) is 0 Å². The summed E-state index contributed by atoms with van der Waals surface area (Å²) in [6.45, 7) is 3.55. The maximum absolute atomic E-state index is 5.81. The summed E-state index contributed by atoms with van der Waals surface area (Å²) in [5.41, 5.74) is 1.26. The number of alkyl halides is 1. The van der Waals surface area contributed by atoms with Gasteiger partial charge in [0.25, 0.3) is 0 Å². The van der Waals surface area contributed by atoms with Gasteiger partial charge in [0.1, 0.15) is 5.75 Å². The quantitative estimate of drug-likeness (QED) is 0.566. The van der Waals surface area contributed by atoms with Crippen LogP contribution in [-0.2, 0) is 4.74 Å². The number of ether oxygens (including phenoxy) is 2. The summed E-state index contributed by atoms with van der Waals surface area (Å²) >= 11 is 3.66. The molecule has 0 bridgehead atoms. The van der Waals surface area contributed by atoms with Crippen LogP contribution in [0.5, 0.6) is 5.75 Å². The van der Waals surface area contributed by atoms with Gasteiger partial charge in [0.05, 0.1) is 6.61 Å². The van der Waals surface area contributed by atoms with E-state index < -0.39 is 0 Å². The molecule has 102 valence electrons. The van der Waals surface area contributed by atoms with Crippen LogP contribution in [0.15, 0.2) is 36.4 Å². The first kappa shape index (κ1) is 14.4. The lowest BCUT2D eigenvalue weighted by atomic mass is 10.0. The molecule has 2 nitrogen and oxygen atoms in total. The third-order valence-electron chi connectivity index (χ3n) is 3.06. The zero-order valence-corrected chi connectivity index (χ0v) is 12.9. The number of rotatable bonds is 6. The molecule has 1 atom stereocenters. The largest absolute Gasteiger partial charge is 0.493 e. The van der Waals surface area contributed by atoms with Crippen LogP contribution in [-0.4, -0.2) is 20.3 Å². The second-order valence-corrected chi connectivity index (χ2v) is 5.92. The van der Waals surface area contributed by atoms with E-state index in [0.29, 0.717) is 11.4 Å². The third-order valence-corrected chi connectivity index (χ3v) is 3.55. The van der Waals surface area contributed by atoms with E-state index in [2.05, 4.69) is 59.3 Å². The Hall–Kier alpha value is -1.06. The predicted molar refractivity (Wildman–Crippen MR) is 83.3 cm³/mol. The summed E-state index contributed by atoms with van der Waals surface area (Å²) in [4.78, 5) is 0.305. The first-order chi connectivity index (χ1) is 9.22. The van der Waals surface area contributed by atoms with Gasteiger partial charge in [-0.1, -0.05) is 40.2 Å². The Morgan fingerprint density at radius 1 is 1.16 bits per heavy atom. The Morgan fingerprint density at radius 3 is 2.68 bits per heavy atom. The molecule has 0 N–H and O–H groups in total. The van der Waals surface area contributed by atoms with E-state index in [9.17, 15) is 0 Å². The molecule has 0 saturated heterocycles. The molecule has 2 aromatic carbocycles. The molecule has 1 unspecified atom stereocenters. The third kappa shape index (κ3) is 3.71. The lowest BCUT2D eigenvalue weighted by Gasteiger charge is -2.13. The van der Waals surface area contributed by atoms with Crippen LogP contribution in [0.2, 0.25) is 0 Å². The zero-order valence-electron chi connectivity index (χ0n) is 11.4. The molecule has 0 amide bonds. The fourth-order valence-corrected chi connectivity index (χ4v) is 2.50. The van der Waals surface area contributed by atoms with Crippen molar-refractivity contribution in [2.75, 3.05) is 20.3 Å². The van der Waals surface area contributed by atoms with Gasteiger partial charge >= 0.3 is 0 Å². The number of hydrogen-bond acceptors (Lipinski definition) is 2. The second-order valence-electron chi connectivity index (χ2n) is 4.54. The van der Waals surface area contributed by atoms with Gasteiger partial charge in [-0.05, 0) is 35.4 Å². The van der Waals surface area contributed by atoms with Gasteiger partial charge in [-0.2, -0.15) is 0 Å². The van der Waals surface area contributed by atoms with Crippen LogP contribution in [0.4, 0.5) is 0 Å². The van der Waals surface area contributed by atoms with Crippen LogP contribution in [0.1, 0.15) is 23.7 Å². The van der Waals surface area contributed by atoms with E-state index in [1.165, 1.54) is 16.3 Å². The van der Waals surface area contributed by atoms with Gasteiger partial charge in [-0.3, -0.25) is 0 Å². The molecule has 3 heteroatoms. The highest BCUT2D eigenvalue weighted by Gasteiger charge is 2.09. The molecular formula is C16H19BrO2. The number of methoxy groups -OCH3 is 1. The topological polar surface area (TPSA) is 18.5 Å². The minimum Gasteiger partial charge on any atom is -0.493 e. The van der Waals surface area contributed by atoms with Gasteiger partial charge in [0, 0.05) is 25.0 Å². The van der Waals surface area contributed by atoms with E-state index in [1.807, 2.05) is 0 Å². The maximum atomic E-state index is 5.81. The molecule has 0 aliphatic carbocycles. The summed E-state index contributed by atoms with van der Waals surface area (Å²) in [6, 6.07) is 12.6. The normalized spacial score (nSPS) is 12.6. The fourth-order valence-electron chi connectivity index (χ4n) is 2.12. The zero-order chi connectivity index (χ0) is 13.7. The molecule has 19 heavy (non-hydrogen) atoms. The van der Waals surface area contributed by atoms with E-state index in [0.717, 1.165) is 18.8 Å². The van der Waals surface area contributed by atoms with Crippen molar-refractivity contribution >= 4 is 26.7 Å². The maximum Gasteiger partial charge on any atom is 0.120 e. The highest BCUT2D eigenvalue weighted by molar-refractivity contribution is 9.09. The summed E-state index contributed by atoms with van der Waals surface area (Å²) in [7, 11) is 1.71. The Kier molecular flexibility index (Phi) is 5.23. The summed E-state index contributed by atoms with van der Waals surface area (Å²) < 4.78 is 10.8. The number of hydrogen-bond donors (Lipinski definition) is 0. The van der Waals surface area contributed by atoms with E-state index in [1.54, 1.807) is 7.11 Å². The first-order valence-electron chi connectivity index (χ1n) is 6.51. The van der Waals surface area contributed by atoms with Crippen LogP contribution >= 0.6 is 15.9 Å². The molecular weight excluding hydrogens is 304 g/mol. The smallest absolute Gasteiger partial charge is 0.120 e. The first-order valence-corrected chi connectivity index (χ1v) is 7.42. The predicted octanol–water partition coefficient (Wildman–Crippen LogP) is 4.71. The molecule has 0 aliphatic rings. The van der Waals surface area contributed by atoms with Gasteiger partial charge in [-0.15, -0.1) is 0 Å². The number of benzene rings is 2. The van der Waals surface area contributed by atoms with Gasteiger partial charge in [0.15, 0.2) is 0 Å². The highest BCUT2D eigenvalue weighted by atomic mass is 79.9. The molecule has 0 aliphatic heterocycles.